The Bertz CT molecular complexity index is 625. The summed E-state index contributed by atoms with van der Waals surface area (Å²) in [6.07, 6.45) is 8.25. The summed E-state index contributed by atoms with van der Waals surface area (Å²) in [5, 5.41) is 8.42. The van der Waals surface area contributed by atoms with Gasteiger partial charge >= 0.3 is 11.9 Å². The second-order valence-corrected chi connectivity index (χ2v) is 7.07. The molecule has 0 aliphatic heterocycles. The Morgan fingerprint density at radius 1 is 0.833 bits per heavy atom. The van der Waals surface area contributed by atoms with Crippen molar-refractivity contribution in [2.45, 2.75) is 64.7 Å². The molecule has 30 heavy (non-hydrogen) atoms. The van der Waals surface area contributed by atoms with Crippen LogP contribution in [0.1, 0.15) is 63.9 Å². The molecule has 1 aromatic rings. The third-order valence-electron chi connectivity index (χ3n) is 4.52. The summed E-state index contributed by atoms with van der Waals surface area (Å²) in [4.78, 5) is 32.6. The molecule has 0 fully saturated rings. The summed E-state index contributed by atoms with van der Waals surface area (Å²) < 4.78 is 15.8. The zero-order chi connectivity index (χ0) is 22.0. The molecule has 0 atom stereocenters. The average molecular weight is 423 g/mol. The van der Waals surface area contributed by atoms with Gasteiger partial charge in [-0.05, 0) is 30.5 Å². The highest BCUT2D eigenvalue weighted by Crippen LogP contribution is 2.15. The van der Waals surface area contributed by atoms with Crippen LogP contribution in [0.2, 0.25) is 0 Å². The molecule has 0 heterocycles. The number of unbranched alkanes of at least 4 members (excludes halogenated alkanes) is 5. The van der Waals surface area contributed by atoms with Crippen molar-refractivity contribution in [3.8, 4) is 5.75 Å². The van der Waals surface area contributed by atoms with Crippen molar-refractivity contribution in [2.75, 3.05) is 26.4 Å². The normalized spacial score (nSPS) is 10.6. The van der Waals surface area contributed by atoms with E-state index in [1.807, 2.05) is 12.1 Å². The summed E-state index contributed by atoms with van der Waals surface area (Å²) >= 11 is 0. The molecule has 1 aromatic carbocycles. The predicted molar refractivity (Wildman–Crippen MR) is 113 cm³/mol. The van der Waals surface area contributed by atoms with Gasteiger partial charge in [0.15, 0.2) is 0 Å². The van der Waals surface area contributed by atoms with E-state index in [9.17, 15) is 14.4 Å². The number of rotatable bonds is 18. The first-order chi connectivity index (χ1) is 14.5. The van der Waals surface area contributed by atoms with Crippen LogP contribution in [0.5, 0.6) is 5.75 Å². The Morgan fingerprint density at radius 3 is 2.20 bits per heavy atom. The molecule has 0 aliphatic rings. The van der Waals surface area contributed by atoms with Gasteiger partial charge in [-0.25, -0.2) is 4.79 Å². The third-order valence-corrected chi connectivity index (χ3v) is 4.52. The summed E-state index contributed by atoms with van der Waals surface area (Å²) in [7, 11) is 0. The van der Waals surface area contributed by atoms with E-state index in [0.29, 0.717) is 13.2 Å². The number of Topliss-reactive ketones (excluding diaryl/α,β-unsaturated/α-hetero) is 1. The van der Waals surface area contributed by atoms with Gasteiger partial charge in [0, 0.05) is 6.42 Å². The number of hydrogen-bond acceptors (Lipinski definition) is 6. The second-order valence-electron chi connectivity index (χ2n) is 7.07. The van der Waals surface area contributed by atoms with E-state index in [2.05, 4.69) is 19.1 Å². The molecule has 7 heteroatoms. The van der Waals surface area contributed by atoms with Gasteiger partial charge in [-0.2, -0.15) is 0 Å². The van der Waals surface area contributed by atoms with Gasteiger partial charge in [0.2, 0.25) is 5.78 Å². The van der Waals surface area contributed by atoms with Crippen LogP contribution in [0.15, 0.2) is 24.3 Å². The molecule has 0 unspecified atom stereocenters. The first-order valence-electron chi connectivity index (χ1n) is 10.7. The molecular formula is C23H34O7. The summed E-state index contributed by atoms with van der Waals surface area (Å²) in [6.45, 7) is 3.23. The highest BCUT2D eigenvalue weighted by atomic mass is 16.6. The minimum Gasteiger partial charge on any atom is -0.491 e. The number of ketones is 1. The number of carboxylic acids is 1. The molecule has 1 N–H and O–H groups in total. The standard InChI is InChI=1S/C23H34O7/c1-2-3-4-5-6-7-8-19-9-11-20(12-10-19)29-17-15-28-16-18-30-22(25)14-13-21(24)23(26)27/h9-12H,2-8,13-18H2,1H3,(H,26,27). The Balaban J connectivity index is 2.01. The van der Waals surface area contributed by atoms with Crippen LogP contribution in [0.25, 0.3) is 0 Å². The maximum atomic E-state index is 11.3. The SMILES string of the molecule is CCCCCCCCc1ccc(OCCOCCOC(=O)CCC(=O)C(=O)O)cc1. The third kappa shape index (κ3) is 12.9. The zero-order valence-corrected chi connectivity index (χ0v) is 17.9. The van der Waals surface area contributed by atoms with Crippen LogP contribution in [-0.2, 0) is 30.3 Å². The van der Waals surface area contributed by atoms with E-state index in [4.69, 9.17) is 19.3 Å². The maximum Gasteiger partial charge on any atom is 0.372 e. The summed E-state index contributed by atoms with van der Waals surface area (Å²) in [5.74, 6) is -2.38. The lowest BCUT2D eigenvalue weighted by Gasteiger charge is -2.09. The minimum atomic E-state index is -1.54. The monoisotopic (exact) mass is 422 g/mol. The van der Waals surface area contributed by atoms with E-state index in [1.165, 1.54) is 44.1 Å². The van der Waals surface area contributed by atoms with Crippen LogP contribution < -0.4 is 4.74 Å². The second kappa shape index (κ2) is 16.4. The van der Waals surface area contributed by atoms with Gasteiger partial charge in [0.25, 0.3) is 0 Å². The lowest BCUT2D eigenvalue weighted by molar-refractivity contribution is -0.151. The quantitative estimate of drug-likeness (QED) is 0.217. The maximum absolute atomic E-state index is 11.3. The van der Waals surface area contributed by atoms with Crippen molar-refractivity contribution in [2.24, 2.45) is 0 Å². The van der Waals surface area contributed by atoms with Crippen molar-refractivity contribution in [3.05, 3.63) is 29.8 Å². The van der Waals surface area contributed by atoms with Crippen molar-refractivity contribution in [3.63, 3.8) is 0 Å². The van der Waals surface area contributed by atoms with Crippen molar-refractivity contribution in [1.82, 2.24) is 0 Å². The first kappa shape index (κ1) is 25.6. The van der Waals surface area contributed by atoms with Crippen LogP contribution in [0.4, 0.5) is 0 Å². The number of carbonyl (C=O) groups is 3. The Kier molecular flexibility index (Phi) is 14.0. The van der Waals surface area contributed by atoms with Gasteiger partial charge < -0.3 is 19.3 Å². The van der Waals surface area contributed by atoms with Gasteiger partial charge in [-0.1, -0.05) is 51.2 Å². The molecule has 0 saturated carbocycles. The number of carboxylic acid groups (broad SMARTS) is 1. The molecule has 0 aromatic heterocycles. The molecule has 0 saturated heterocycles. The molecule has 1 rings (SSSR count). The lowest BCUT2D eigenvalue weighted by Crippen LogP contribution is -2.17. The van der Waals surface area contributed by atoms with E-state index >= 15 is 0 Å². The number of ether oxygens (including phenoxy) is 3. The largest absolute Gasteiger partial charge is 0.491 e. The van der Waals surface area contributed by atoms with Crippen molar-refractivity contribution >= 4 is 17.7 Å². The van der Waals surface area contributed by atoms with E-state index in [0.717, 1.165) is 12.2 Å². The molecular weight excluding hydrogens is 388 g/mol. The summed E-state index contributed by atoms with van der Waals surface area (Å²) in [6, 6.07) is 8.12. The highest BCUT2D eigenvalue weighted by molar-refractivity contribution is 6.32. The lowest BCUT2D eigenvalue weighted by atomic mass is 10.0. The van der Waals surface area contributed by atoms with Crippen molar-refractivity contribution < 1.29 is 33.7 Å². The number of benzene rings is 1. The van der Waals surface area contributed by atoms with Crippen LogP contribution >= 0.6 is 0 Å². The van der Waals surface area contributed by atoms with E-state index < -0.39 is 17.7 Å². The van der Waals surface area contributed by atoms with Crippen LogP contribution in [0, 0.1) is 0 Å². The number of aryl methyl sites for hydroxylation is 1. The molecule has 168 valence electrons. The molecule has 0 amide bonds. The van der Waals surface area contributed by atoms with Crippen molar-refractivity contribution in [1.29, 1.82) is 0 Å². The Labute approximate surface area is 178 Å². The van der Waals surface area contributed by atoms with E-state index in [1.54, 1.807) is 0 Å². The fourth-order valence-corrected chi connectivity index (χ4v) is 2.79. The summed E-state index contributed by atoms with van der Waals surface area (Å²) in [5.41, 5.74) is 1.32. The zero-order valence-electron chi connectivity index (χ0n) is 17.9. The predicted octanol–water partition coefficient (Wildman–Crippen LogP) is 3.96. The molecule has 7 nitrogen and oxygen atoms in total. The molecule has 0 spiro atoms. The van der Waals surface area contributed by atoms with Crippen LogP contribution in [-0.4, -0.2) is 49.3 Å². The number of hydrogen-bond donors (Lipinski definition) is 1. The van der Waals surface area contributed by atoms with Gasteiger partial charge in [-0.3, -0.25) is 9.59 Å². The fraction of sp³-hybridized carbons (Fsp3) is 0.609. The Hall–Kier alpha value is -2.41. The Morgan fingerprint density at radius 2 is 1.50 bits per heavy atom. The topological polar surface area (TPSA) is 99.1 Å². The molecule has 0 radical (unpaired) electrons. The number of aliphatic carboxylic acids is 1. The average Bonchev–Trinajstić information content (AvgIpc) is 2.74. The minimum absolute atomic E-state index is 0.0488. The number of carbonyl (C=O) groups excluding carboxylic acids is 2. The van der Waals surface area contributed by atoms with Gasteiger partial charge in [0.1, 0.15) is 19.0 Å². The highest BCUT2D eigenvalue weighted by Gasteiger charge is 2.14. The molecule has 0 aliphatic carbocycles. The van der Waals surface area contributed by atoms with Gasteiger partial charge in [0.05, 0.1) is 19.6 Å². The molecule has 0 bridgehead atoms. The van der Waals surface area contributed by atoms with Crippen LogP contribution in [0.3, 0.4) is 0 Å². The van der Waals surface area contributed by atoms with E-state index in [-0.39, 0.29) is 26.1 Å². The number of esters is 1. The first-order valence-corrected chi connectivity index (χ1v) is 10.7. The fourth-order valence-electron chi connectivity index (χ4n) is 2.79. The van der Waals surface area contributed by atoms with Gasteiger partial charge in [-0.15, -0.1) is 0 Å². The smallest absolute Gasteiger partial charge is 0.372 e.